The van der Waals surface area contributed by atoms with Crippen molar-refractivity contribution < 1.29 is 4.79 Å². The standard InChI is InChI=1S/C17H21N3O/c1-12(2)14-6-4-13(5-7-14)11-20-17(21)15-8-9-19-16(10-15)18-3/h4-10,12H,11H2,1-3H3,(H,18,19)(H,20,21). The van der Waals surface area contributed by atoms with Crippen molar-refractivity contribution in [2.45, 2.75) is 26.3 Å². The van der Waals surface area contributed by atoms with Crippen LogP contribution in [0.1, 0.15) is 41.3 Å². The molecule has 1 aromatic heterocycles. The van der Waals surface area contributed by atoms with Crippen LogP contribution in [-0.2, 0) is 6.54 Å². The summed E-state index contributed by atoms with van der Waals surface area (Å²) in [5.41, 5.74) is 3.00. The maximum absolute atomic E-state index is 12.1. The third kappa shape index (κ3) is 4.05. The number of carbonyl (C=O) groups is 1. The Balaban J connectivity index is 1.97. The highest BCUT2D eigenvalue weighted by Crippen LogP contribution is 2.14. The van der Waals surface area contributed by atoms with Gasteiger partial charge in [0.2, 0.25) is 0 Å². The molecular formula is C17H21N3O. The lowest BCUT2D eigenvalue weighted by Gasteiger charge is -2.09. The van der Waals surface area contributed by atoms with E-state index in [9.17, 15) is 4.79 Å². The molecule has 1 amide bonds. The number of amides is 1. The van der Waals surface area contributed by atoms with Crippen molar-refractivity contribution in [3.05, 3.63) is 59.3 Å². The molecule has 0 saturated carbocycles. The molecule has 0 radical (unpaired) electrons. The monoisotopic (exact) mass is 283 g/mol. The number of hydrogen-bond acceptors (Lipinski definition) is 3. The minimum Gasteiger partial charge on any atom is -0.373 e. The Morgan fingerprint density at radius 3 is 2.52 bits per heavy atom. The Morgan fingerprint density at radius 2 is 1.90 bits per heavy atom. The lowest BCUT2D eigenvalue weighted by atomic mass is 10.0. The predicted molar refractivity (Wildman–Crippen MR) is 85.5 cm³/mol. The first-order chi connectivity index (χ1) is 10.1. The summed E-state index contributed by atoms with van der Waals surface area (Å²) in [7, 11) is 1.78. The van der Waals surface area contributed by atoms with Gasteiger partial charge in [-0.3, -0.25) is 4.79 Å². The van der Waals surface area contributed by atoms with Gasteiger partial charge in [0.25, 0.3) is 5.91 Å². The number of benzene rings is 1. The molecule has 0 aliphatic rings. The highest BCUT2D eigenvalue weighted by Gasteiger charge is 2.06. The lowest BCUT2D eigenvalue weighted by molar-refractivity contribution is 0.0951. The molecule has 0 unspecified atom stereocenters. The molecule has 4 heteroatoms. The van der Waals surface area contributed by atoms with E-state index in [0.29, 0.717) is 23.8 Å². The summed E-state index contributed by atoms with van der Waals surface area (Å²) in [4.78, 5) is 16.2. The number of pyridine rings is 1. The fraction of sp³-hybridized carbons (Fsp3) is 0.294. The summed E-state index contributed by atoms with van der Waals surface area (Å²) in [6, 6.07) is 11.8. The van der Waals surface area contributed by atoms with E-state index >= 15 is 0 Å². The smallest absolute Gasteiger partial charge is 0.251 e. The zero-order valence-corrected chi connectivity index (χ0v) is 12.7. The summed E-state index contributed by atoms with van der Waals surface area (Å²) in [5, 5.41) is 5.84. The van der Waals surface area contributed by atoms with Gasteiger partial charge >= 0.3 is 0 Å². The predicted octanol–water partition coefficient (Wildman–Crippen LogP) is 3.18. The summed E-state index contributed by atoms with van der Waals surface area (Å²) in [5.74, 6) is 1.11. The third-order valence-electron chi connectivity index (χ3n) is 3.38. The van der Waals surface area contributed by atoms with Gasteiger partial charge in [0, 0.05) is 25.4 Å². The first kappa shape index (κ1) is 15.0. The lowest BCUT2D eigenvalue weighted by Crippen LogP contribution is -2.22. The number of aromatic nitrogens is 1. The zero-order valence-electron chi connectivity index (χ0n) is 12.7. The average Bonchev–Trinajstić information content (AvgIpc) is 2.53. The maximum Gasteiger partial charge on any atom is 0.251 e. The fourth-order valence-electron chi connectivity index (χ4n) is 2.01. The number of nitrogens with zero attached hydrogens (tertiary/aromatic N) is 1. The number of hydrogen-bond donors (Lipinski definition) is 2. The summed E-state index contributed by atoms with van der Waals surface area (Å²) < 4.78 is 0. The molecule has 1 aromatic carbocycles. The highest BCUT2D eigenvalue weighted by atomic mass is 16.1. The second-order valence-corrected chi connectivity index (χ2v) is 5.26. The molecule has 2 rings (SSSR count). The summed E-state index contributed by atoms with van der Waals surface area (Å²) in [6.07, 6.45) is 1.62. The van der Waals surface area contributed by atoms with Crippen LogP contribution < -0.4 is 10.6 Å². The molecule has 0 atom stereocenters. The van der Waals surface area contributed by atoms with Gasteiger partial charge in [-0.15, -0.1) is 0 Å². The van der Waals surface area contributed by atoms with Gasteiger partial charge in [0.1, 0.15) is 5.82 Å². The SMILES string of the molecule is CNc1cc(C(=O)NCc2ccc(C(C)C)cc2)ccn1. The van der Waals surface area contributed by atoms with Crippen LogP contribution in [0.4, 0.5) is 5.82 Å². The maximum atomic E-state index is 12.1. The molecule has 110 valence electrons. The Morgan fingerprint density at radius 1 is 1.19 bits per heavy atom. The molecule has 0 aliphatic carbocycles. The van der Waals surface area contributed by atoms with E-state index in [2.05, 4.69) is 53.7 Å². The van der Waals surface area contributed by atoms with E-state index in [4.69, 9.17) is 0 Å². The fourth-order valence-corrected chi connectivity index (χ4v) is 2.01. The van der Waals surface area contributed by atoms with Gasteiger partial charge in [-0.1, -0.05) is 38.1 Å². The van der Waals surface area contributed by atoms with Crippen LogP contribution in [0.15, 0.2) is 42.6 Å². The van der Waals surface area contributed by atoms with Gasteiger partial charge in [-0.2, -0.15) is 0 Å². The van der Waals surface area contributed by atoms with Gasteiger partial charge in [-0.05, 0) is 29.2 Å². The van der Waals surface area contributed by atoms with Crippen LogP contribution in [0, 0.1) is 0 Å². The molecule has 4 nitrogen and oxygen atoms in total. The van der Waals surface area contributed by atoms with Gasteiger partial charge in [-0.25, -0.2) is 4.98 Å². The van der Waals surface area contributed by atoms with Crippen LogP contribution in [0.2, 0.25) is 0 Å². The van der Waals surface area contributed by atoms with Crippen molar-refractivity contribution in [3.8, 4) is 0 Å². The first-order valence-electron chi connectivity index (χ1n) is 7.11. The third-order valence-corrected chi connectivity index (χ3v) is 3.38. The Labute approximate surface area is 125 Å². The molecule has 1 heterocycles. The molecule has 0 aliphatic heterocycles. The second-order valence-electron chi connectivity index (χ2n) is 5.26. The van der Waals surface area contributed by atoms with Gasteiger partial charge < -0.3 is 10.6 Å². The zero-order chi connectivity index (χ0) is 15.2. The van der Waals surface area contributed by atoms with E-state index in [0.717, 1.165) is 5.56 Å². The largest absolute Gasteiger partial charge is 0.373 e. The minimum atomic E-state index is -0.0955. The van der Waals surface area contributed by atoms with Crippen LogP contribution in [0.25, 0.3) is 0 Å². The van der Waals surface area contributed by atoms with Crippen molar-refractivity contribution in [2.24, 2.45) is 0 Å². The Hall–Kier alpha value is -2.36. The van der Waals surface area contributed by atoms with E-state index < -0.39 is 0 Å². The number of rotatable bonds is 5. The Kier molecular flexibility index (Phi) is 4.93. The number of nitrogens with one attached hydrogen (secondary N) is 2. The molecule has 0 saturated heterocycles. The van der Waals surface area contributed by atoms with E-state index in [1.165, 1.54) is 5.56 Å². The highest BCUT2D eigenvalue weighted by molar-refractivity contribution is 5.94. The van der Waals surface area contributed by atoms with Crippen molar-refractivity contribution >= 4 is 11.7 Å². The van der Waals surface area contributed by atoms with Crippen molar-refractivity contribution in [3.63, 3.8) is 0 Å². The van der Waals surface area contributed by atoms with E-state index in [1.807, 2.05) is 0 Å². The van der Waals surface area contributed by atoms with E-state index in [1.54, 1.807) is 25.4 Å². The molecule has 2 aromatic rings. The molecule has 2 N–H and O–H groups in total. The summed E-state index contributed by atoms with van der Waals surface area (Å²) in [6.45, 7) is 4.85. The quantitative estimate of drug-likeness (QED) is 0.886. The second kappa shape index (κ2) is 6.88. The number of anilines is 1. The van der Waals surface area contributed by atoms with Crippen molar-refractivity contribution in [1.82, 2.24) is 10.3 Å². The van der Waals surface area contributed by atoms with Gasteiger partial charge in [0.05, 0.1) is 0 Å². The topological polar surface area (TPSA) is 54.0 Å². The van der Waals surface area contributed by atoms with Gasteiger partial charge in [0.15, 0.2) is 0 Å². The first-order valence-corrected chi connectivity index (χ1v) is 7.11. The van der Waals surface area contributed by atoms with Crippen molar-refractivity contribution in [1.29, 1.82) is 0 Å². The molecule has 0 bridgehead atoms. The number of carbonyl (C=O) groups excluding carboxylic acids is 1. The van der Waals surface area contributed by atoms with Crippen LogP contribution in [0.3, 0.4) is 0 Å². The van der Waals surface area contributed by atoms with E-state index in [-0.39, 0.29) is 5.91 Å². The molecule has 0 fully saturated rings. The molecule has 0 spiro atoms. The van der Waals surface area contributed by atoms with Crippen LogP contribution in [-0.4, -0.2) is 17.9 Å². The normalized spacial score (nSPS) is 10.5. The Bertz CT molecular complexity index is 606. The van der Waals surface area contributed by atoms with Crippen molar-refractivity contribution in [2.75, 3.05) is 12.4 Å². The molecule has 21 heavy (non-hydrogen) atoms. The summed E-state index contributed by atoms with van der Waals surface area (Å²) >= 11 is 0. The van der Waals surface area contributed by atoms with Crippen LogP contribution >= 0.6 is 0 Å². The molecular weight excluding hydrogens is 262 g/mol. The average molecular weight is 283 g/mol. The minimum absolute atomic E-state index is 0.0955. The van der Waals surface area contributed by atoms with Crippen LogP contribution in [0.5, 0.6) is 0 Å².